The SMILES string of the molecule is CCCc1cnncc1N. The zero-order chi connectivity index (χ0) is 7.40. The van der Waals surface area contributed by atoms with Gasteiger partial charge in [-0.05, 0) is 12.0 Å². The summed E-state index contributed by atoms with van der Waals surface area (Å²) in [5.41, 5.74) is 7.45. The first-order chi connectivity index (χ1) is 4.84. The molecular formula is C7H11N3. The molecule has 10 heavy (non-hydrogen) atoms. The van der Waals surface area contributed by atoms with Gasteiger partial charge in [-0.3, -0.25) is 0 Å². The molecule has 0 unspecified atom stereocenters. The molecule has 1 heterocycles. The van der Waals surface area contributed by atoms with Gasteiger partial charge in [0.15, 0.2) is 0 Å². The molecule has 0 saturated carbocycles. The molecule has 0 spiro atoms. The fraction of sp³-hybridized carbons (Fsp3) is 0.429. The monoisotopic (exact) mass is 137 g/mol. The smallest absolute Gasteiger partial charge is 0.0728 e. The minimum atomic E-state index is 0.747. The molecule has 0 atom stereocenters. The zero-order valence-corrected chi connectivity index (χ0v) is 6.04. The highest BCUT2D eigenvalue weighted by Crippen LogP contribution is 2.08. The highest BCUT2D eigenvalue weighted by molar-refractivity contribution is 5.42. The van der Waals surface area contributed by atoms with E-state index in [0.717, 1.165) is 24.1 Å². The van der Waals surface area contributed by atoms with Gasteiger partial charge in [0.25, 0.3) is 0 Å². The van der Waals surface area contributed by atoms with Gasteiger partial charge in [0.1, 0.15) is 0 Å². The number of hydrogen-bond donors (Lipinski definition) is 1. The second-order valence-corrected chi connectivity index (χ2v) is 2.22. The Morgan fingerprint density at radius 3 is 2.70 bits per heavy atom. The van der Waals surface area contributed by atoms with E-state index >= 15 is 0 Å². The predicted molar refractivity (Wildman–Crippen MR) is 40.4 cm³/mol. The van der Waals surface area contributed by atoms with Gasteiger partial charge in [0.05, 0.1) is 18.1 Å². The van der Waals surface area contributed by atoms with Crippen molar-refractivity contribution in [2.75, 3.05) is 5.73 Å². The van der Waals surface area contributed by atoms with Gasteiger partial charge in [-0.25, -0.2) is 0 Å². The molecule has 1 aromatic rings. The average Bonchev–Trinajstić information content (AvgIpc) is 1.94. The van der Waals surface area contributed by atoms with Crippen molar-refractivity contribution < 1.29 is 0 Å². The van der Waals surface area contributed by atoms with Gasteiger partial charge < -0.3 is 5.73 Å². The number of nitrogen functional groups attached to an aromatic ring is 1. The summed E-state index contributed by atoms with van der Waals surface area (Å²) < 4.78 is 0. The number of aromatic nitrogens is 2. The highest BCUT2D eigenvalue weighted by atomic mass is 15.1. The summed E-state index contributed by atoms with van der Waals surface area (Å²) in [6.07, 6.45) is 5.39. The molecule has 0 fully saturated rings. The maximum absolute atomic E-state index is 5.60. The van der Waals surface area contributed by atoms with Crippen LogP contribution in [0.4, 0.5) is 5.69 Å². The fourth-order valence-corrected chi connectivity index (χ4v) is 0.834. The highest BCUT2D eigenvalue weighted by Gasteiger charge is 1.95. The molecule has 3 nitrogen and oxygen atoms in total. The van der Waals surface area contributed by atoms with E-state index in [4.69, 9.17) is 5.73 Å². The van der Waals surface area contributed by atoms with Crippen LogP contribution < -0.4 is 5.73 Å². The first kappa shape index (κ1) is 6.99. The van der Waals surface area contributed by atoms with Crippen molar-refractivity contribution in [2.45, 2.75) is 19.8 Å². The van der Waals surface area contributed by atoms with Gasteiger partial charge in [0, 0.05) is 0 Å². The zero-order valence-electron chi connectivity index (χ0n) is 6.04. The van der Waals surface area contributed by atoms with Crippen LogP contribution in [0.15, 0.2) is 12.4 Å². The molecule has 1 aromatic heterocycles. The third-order valence-corrected chi connectivity index (χ3v) is 1.37. The lowest BCUT2D eigenvalue weighted by Crippen LogP contribution is -1.96. The van der Waals surface area contributed by atoms with Gasteiger partial charge >= 0.3 is 0 Å². The Bertz CT molecular complexity index is 210. The Balaban J connectivity index is 2.81. The van der Waals surface area contributed by atoms with Crippen molar-refractivity contribution in [3.63, 3.8) is 0 Å². The molecule has 0 aromatic carbocycles. The first-order valence-electron chi connectivity index (χ1n) is 3.39. The minimum Gasteiger partial charge on any atom is -0.397 e. The van der Waals surface area contributed by atoms with E-state index in [9.17, 15) is 0 Å². The quantitative estimate of drug-likeness (QED) is 0.661. The van der Waals surface area contributed by atoms with Gasteiger partial charge in [0.2, 0.25) is 0 Å². The van der Waals surface area contributed by atoms with E-state index in [1.54, 1.807) is 12.4 Å². The lowest BCUT2D eigenvalue weighted by atomic mass is 10.1. The normalized spacial score (nSPS) is 9.70. The van der Waals surface area contributed by atoms with E-state index in [2.05, 4.69) is 17.1 Å². The summed E-state index contributed by atoms with van der Waals surface area (Å²) in [5.74, 6) is 0. The molecule has 0 bridgehead atoms. The van der Waals surface area contributed by atoms with Crippen LogP contribution in [0.2, 0.25) is 0 Å². The van der Waals surface area contributed by atoms with Gasteiger partial charge in [-0.2, -0.15) is 10.2 Å². The number of anilines is 1. The predicted octanol–water partition coefficient (Wildman–Crippen LogP) is 1.01. The van der Waals surface area contributed by atoms with Crippen LogP contribution in [0.3, 0.4) is 0 Å². The van der Waals surface area contributed by atoms with Crippen molar-refractivity contribution in [3.05, 3.63) is 18.0 Å². The topological polar surface area (TPSA) is 51.8 Å². The van der Waals surface area contributed by atoms with Crippen LogP contribution in [0, 0.1) is 0 Å². The Hall–Kier alpha value is -1.12. The summed E-state index contributed by atoms with van der Waals surface area (Å²) in [6.45, 7) is 2.11. The summed E-state index contributed by atoms with van der Waals surface area (Å²) in [6, 6.07) is 0. The van der Waals surface area contributed by atoms with Crippen molar-refractivity contribution in [3.8, 4) is 0 Å². The number of nitrogens with zero attached hydrogens (tertiary/aromatic N) is 2. The van der Waals surface area contributed by atoms with Crippen LogP contribution in [-0.4, -0.2) is 10.2 Å². The Morgan fingerprint density at radius 1 is 1.40 bits per heavy atom. The van der Waals surface area contributed by atoms with Gasteiger partial charge in [-0.15, -0.1) is 0 Å². The molecule has 0 aliphatic rings. The summed E-state index contributed by atoms with van der Waals surface area (Å²) in [4.78, 5) is 0. The first-order valence-corrected chi connectivity index (χ1v) is 3.39. The molecule has 0 amide bonds. The third kappa shape index (κ3) is 1.43. The third-order valence-electron chi connectivity index (χ3n) is 1.37. The van der Waals surface area contributed by atoms with Crippen LogP contribution in [-0.2, 0) is 6.42 Å². The second-order valence-electron chi connectivity index (χ2n) is 2.22. The molecular weight excluding hydrogens is 126 g/mol. The lowest BCUT2D eigenvalue weighted by molar-refractivity contribution is 0.896. The minimum absolute atomic E-state index is 0.747. The maximum atomic E-state index is 5.60. The fourth-order valence-electron chi connectivity index (χ4n) is 0.834. The van der Waals surface area contributed by atoms with E-state index in [0.29, 0.717) is 0 Å². The molecule has 0 aliphatic heterocycles. The Kier molecular flexibility index (Phi) is 2.20. The molecule has 0 radical (unpaired) electrons. The number of aryl methyl sites for hydroxylation is 1. The molecule has 3 heteroatoms. The standard InChI is InChI=1S/C7H11N3/c1-2-3-6-4-9-10-5-7(6)8/h4-5H,2-3H2,1H3,(H2,8,9). The summed E-state index contributed by atoms with van der Waals surface area (Å²) in [7, 11) is 0. The van der Waals surface area contributed by atoms with E-state index in [-0.39, 0.29) is 0 Å². The van der Waals surface area contributed by atoms with E-state index in [1.807, 2.05) is 0 Å². The van der Waals surface area contributed by atoms with Crippen molar-refractivity contribution in [1.82, 2.24) is 10.2 Å². The molecule has 1 rings (SSSR count). The Labute approximate surface area is 60.3 Å². The molecule has 0 saturated heterocycles. The number of rotatable bonds is 2. The lowest BCUT2D eigenvalue weighted by Gasteiger charge is -1.99. The van der Waals surface area contributed by atoms with Crippen LogP contribution in [0.1, 0.15) is 18.9 Å². The molecule has 0 aliphatic carbocycles. The molecule has 54 valence electrons. The van der Waals surface area contributed by atoms with Crippen LogP contribution in [0.5, 0.6) is 0 Å². The number of hydrogen-bond acceptors (Lipinski definition) is 3. The second kappa shape index (κ2) is 3.15. The van der Waals surface area contributed by atoms with Crippen molar-refractivity contribution in [1.29, 1.82) is 0 Å². The van der Waals surface area contributed by atoms with Crippen LogP contribution in [0.25, 0.3) is 0 Å². The molecule has 2 N–H and O–H groups in total. The van der Waals surface area contributed by atoms with E-state index in [1.165, 1.54) is 0 Å². The van der Waals surface area contributed by atoms with Gasteiger partial charge in [-0.1, -0.05) is 13.3 Å². The van der Waals surface area contributed by atoms with E-state index < -0.39 is 0 Å². The van der Waals surface area contributed by atoms with Crippen LogP contribution >= 0.6 is 0 Å². The number of nitrogens with two attached hydrogens (primary N) is 1. The summed E-state index contributed by atoms with van der Waals surface area (Å²) in [5, 5.41) is 7.39. The average molecular weight is 137 g/mol. The summed E-state index contributed by atoms with van der Waals surface area (Å²) >= 11 is 0. The largest absolute Gasteiger partial charge is 0.397 e. The maximum Gasteiger partial charge on any atom is 0.0728 e. The Morgan fingerprint density at radius 2 is 2.10 bits per heavy atom. The van der Waals surface area contributed by atoms with Crippen molar-refractivity contribution >= 4 is 5.69 Å². The van der Waals surface area contributed by atoms with Crippen molar-refractivity contribution in [2.24, 2.45) is 0 Å².